The van der Waals surface area contributed by atoms with Gasteiger partial charge in [-0.3, -0.25) is 14.5 Å². The Kier molecular flexibility index (Phi) is 8.04. The van der Waals surface area contributed by atoms with Gasteiger partial charge in [0.2, 0.25) is 11.8 Å². The Balaban J connectivity index is 0.00000261. The lowest BCUT2D eigenvalue weighted by molar-refractivity contribution is -0.136. The highest BCUT2D eigenvalue weighted by atomic mass is 35.5. The topological polar surface area (TPSA) is 79.1 Å². The molecule has 0 aliphatic carbocycles. The molecule has 2 N–H and O–H groups in total. The van der Waals surface area contributed by atoms with Gasteiger partial charge < -0.3 is 20.3 Å². The molecular formula is C19H29ClN4O3. The molecule has 0 aromatic heterocycles. The van der Waals surface area contributed by atoms with Crippen LogP contribution in [0, 0.1) is 0 Å². The molecule has 2 fully saturated rings. The summed E-state index contributed by atoms with van der Waals surface area (Å²) in [5, 5.41) is 0. The molecule has 3 rings (SSSR count). The van der Waals surface area contributed by atoms with Crippen LogP contribution in [0.4, 0.5) is 5.69 Å². The fourth-order valence-corrected chi connectivity index (χ4v) is 3.74. The molecular weight excluding hydrogens is 368 g/mol. The summed E-state index contributed by atoms with van der Waals surface area (Å²) in [6.45, 7) is 3.84. The number of anilines is 1. The largest absolute Gasteiger partial charge is 0.380 e. The summed E-state index contributed by atoms with van der Waals surface area (Å²) in [6, 6.07) is 9.73. The van der Waals surface area contributed by atoms with Crippen molar-refractivity contribution >= 4 is 29.9 Å². The Labute approximate surface area is 166 Å². The van der Waals surface area contributed by atoms with Crippen LogP contribution >= 0.6 is 12.4 Å². The summed E-state index contributed by atoms with van der Waals surface area (Å²) >= 11 is 0. The average molecular weight is 397 g/mol. The highest BCUT2D eigenvalue weighted by Crippen LogP contribution is 2.25. The molecule has 2 atom stereocenters. The van der Waals surface area contributed by atoms with Crippen molar-refractivity contribution < 1.29 is 14.3 Å². The quantitative estimate of drug-likeness (QED) is 0.766. The van der Waals surface area contributed by atoms with E-state index in [0.29, 0.717) is 26.1 Å². The number of piperazine rings is 1. The van der Waals surface area contributed by atoms with Gasteiger partial charge in [0, 0.05) is 52.1 Å². The molecule has 2 aliphatic heterocycles. The van der Waals surface area contributed by atoms with Crippen LogP contribution in [-0.2, 0) is 14.3 Å². The van der Waals surface area contributed by atoms with Gasteiger partial charge in [0.05, 0.1) is 18.6 Å². The van der Waals surface area contributed by atoms with E-state index < -0.39 is 0 Å². The van der Waals surface area contributed by atoms with Gasteiger partial charge in [0.25, 0.3) is 0 Å². The molecule has 7 nitrogen and oxygen atoms in total. The SMILES string of the molecule is COC(CN)CC(=O)N1CCN(C2CCN(c3ccccc3)C2=O)CC1.Cl. The number of halogens is 1. The Morgan fingerprint density at radius 1 is 1.19 bits per heavy atom. The van der Waals surface area contributed by atoms with Gasteiger partial charge in [0.15, 0.2) is 0 Å². The number of hydrogen-bond donors (Lipinski definition) is 1. The minimum absolute atomic E-state index is 0. The summed E-state index contributed by atoms with van der Waals surface area (Å²) in [4.78, 5) is 31.1. The van der Waals surface area contributed by atoms with Crippen molar-refractivity contribution in [1.29, 1.82) is 0 Å². The molecule has 0 radical (unpaired) electrons. The number of para-hydroxylation sites is 1. The van der Waals surface area contributed by atoms with Crippen molar-refractivity contribution in [1.82, 2.24) is 9.80 Å². The number of carbonyl (C=O) groups is 2. The second-order valence-electron chi connectivity index (χ2n) is 6.84. The molecule has 0 spiro atoms. The molecule has 1 aromatic rings. The van der Waals surface area contributed by atoms with Crippen LogP contribution in [0.5, 0.6) is 0 Å². The van der Waals surface area contributed by atoms with Crippen LogP contribution in [0.25, 0.3) is 0 Å². The predicted molar refractivity (Wildman–Crippen MR) is 107 cm³/mol. The third-order valence-corrected chi connectivity index (χ3v) is 5.35. The van der Waals surface area contributed by atoms with E-state index in [1.165, 1.54) is 0 Å². The number of rotatable bonds is 6. The second kappa shape index (κ2) is 10.0. The smallest absolute Gasteiger partial charge is 0.244 e. The van der Waals surface area contributed by atoms with Gasteiger partial charge in [-0.25, -0.2) is 0 Å². The normalized spacial score (nSPS) is 21.9. The number of hydrogen-bond acceptors (Lipinski definition) is 5. The Hall–Kier alpha value is -1.67. The zero-order valence-corrected chi connectivity index (χ0v) is 16.6. The number of amides is 2. The molecule has 2 unspecified atom stereocenters. The highest BCUT2D eigenvalue weighted by molar-refractivity contribution is 5.99. The zero-order chi connectivity index (χ0) is 18.5. The van der Waals surface area contributed by atoms with E-state index in [0.717, 1.165) is 31.7 Å². The standard InChI is InChI=1S/C19H28N4O3.ClH/c1-26-16(14-20)13-18(24)22-11-9-21(10-12-22)17-7-8-23(19(17)25)15-5-3-2-4-6-15;/h2-6,16-17H,7-14,20H2,1H3;1H. The first-order chi connectivity index (χ1) is 12.6. The Morgan fingerprint density at radius 3 is 2.44 bits per heavy atom. The van der Waals surface area contributed by atoms with Gasteiger partial charge >= 0.3 is 0 Å². The minimum atomic E-state index is -0.226. The molecule has 0 saturated carbocycles. The minimum Gasteiger partial charge on any atom is -0.380 e. The predicted octanol–water partition coefficient (Wildman–Crippen LogP) is 0.722. The third kappa shape index (κ3) is 4.99. The molecule has 2 amide bonds. The third-order valence-electron chi connectivity index (χ3n) is 5.35. The van der Waals surface area contributed by atoms with Crippen molar-refractivity contribution in [2.24, 2.45) is 5.73 Å². The average Bonchev–Trinajstić information content (AvgIpc) is 3.08. The molecule has 8 heteroatoms. The number of methoxy groups -OCH3 is 1. The molecule has 150 valence electrons. The summed E-state index contributed by atoms with van der Waals surface area (Å²) in [7, 11) is 1.58. The summed E-state index contributed by atoms with van der Waals surface area (Å²) in [5.41, 5.74) is 6.56. The number of nitrogens with two attached hydrogens (primary N) is 1. The van der Waals surface area contributed by atoms with Gasteiger partial charge in [-0.1, -0.05) is 18.2 Å². The van der Waals surface area contributed by atoms with Crippen molar-refractivity contribution in [3.05, 3.63) is 30.3 Å². The lowest BCUT2D eigenvalue weighted by Crippen LogP contribution is -2.54. The fourth-order valence-electron chi connectivity index (χ4n) is 3.74. The highest BCUT2D eigenvalue weighted by Gasteiger charge is 2.38. The summed E-state index contributed by atoms with van der Waals surface area (Å²) in [5.74, 6) is 0.240. The van der Waals surface area contributed by atoms with Crippen molar-refractivity contribution in [3.63, 3.8) is 0 Å². The first kappa shape index (κ1) is 21.6. The van der Waals surface area contributed by atoms with E-state index in [9.17, 15) is 9.59 Å². The van der Waals surface area contributed by atoms with Crippen LogP contribution in [0.1, 0.15) is 12.8 Å². The van der Waals surface area contributed by atoms with Gasteiger partial charge in [-0.05, 0) is 18.6 Å². The van der Waals surface area contributed by atoms with E-state index in [2.05, 4.69) is 4.90 Å². The molecule has 2 aliphatic rings. The fraction of sp³-hybridized carbons (Fsp3) is 0.579. The van der Waals surface area contributed by atoms with E-state index >= 15 is 0 Å². The van der Waals surface area contributed by atoms with E-state index in [-0.39, 0.29) is 36.4 Å². The maximum absolute atomic E-state index is 12.8. The second-order valence-corrected chi connectivity index (χ2v) is 6.84. The Bertz CT molecular complexity index is 619. The molecule has 1 aromatic carbocycles. The van der Waals surface area contributed by atoms with Gasteiger partial charge in [-0.2, -0.15) is 0 Å². The molecule has 2 heterocycles. The lowest BCUT2D eigenvalue weighted by atomic mass is 10.1. The van der Waals surface area contributed by atoms with E-state index in [4.69, 9.17) is 10.5 Å². The maximum Gasteiger partial charge on any atom is 0.244 e. The molecule has 27 heavy (non-hydrogen) atoms. The van der Waals surface area contributed by atoms with Gasteiger partial charge in [-0.15, -0.1) is 12.4 Å². The van der Waals surface area contributed by atoms with Crippen LogP contribution in [0.3, 0.4) is 0 Å². The monoisotopic (exact) mass is 396 g/mol. The Morgan fingerprint density at radius 2 is 1.85 bits per heavy atom. The first-order valence-electron chi connectivity index (χ1n) is 9.25. The van der Waals surface area contributed by atoms with Crippen molar-refractivity contribution in [2.75, 3.05) is 51.3 Å². The van der Waals surface area contributed by atoms with Gasteiger partial charge in [0.1, 0.15) is 0 Å². The maximum atomic E-state index is 12.8. The number of carbonyl (C=O) groups excluding carboxylic acids is 2. The van der Waals surface area contributed by atoms with Crippen molar-refractivity contribution in [2.45, 2.75) is 25.0 Å². The van der Waals surface area contributed by atoms with Crippen LogP contribution in [0.2, 0.25) is 0 Å². The lowest BCUT2D eigenvalue weighted by Gasteiger charge is -2.37. The summed E-state index contributed by atoms with van der Waals surface area (Å²) in [6.07, 6.45) is 0.925. The molecule has 2 saturated heterocycles. The van der Waals surface area contributed by atoms with Crippen LogP contribution < -0.4 is 10.6 Å². The van der Waals surface area contributed by atoms with E-state index in [1.807, 2.05) is 40.1 Å². The van der Waals surface area contributed by atoms with Crippen LogP contribution in [0.15, 0.2) is 30.3 Å². The van der Waals surface area contributed by atoms with Crippen LogP contribution in [-0.4, -0.2) is 80.1 Å². The molecule has 0 bridgehead atoms. The number of benzene rings is 1. The zero-order valence-electron chi connectivity index (χ0n) is 15.8. The summed E-state index contributed by atoms with van der Waals surface area (Å²) < 4.78 is 5.20. The number of ether oxygens (including phenoxy) is 1. The first-order valence-corrected chi connectivity index (χ1v) is 9.25. The van der Waals surface area contributed by atoms with Crippen molar-refractivity contribution in [3.8, 4) is 0 Å². The van der Waals surface area contributed by atoms with E-state index in [1.54, 1.807) is 7.11 Å². The number of nitrogens with zero attached hydrogens (tertiary/aromatic N) is 3.